The minimum absolute atomic E-state index is 0.782. The van der Waals surface area contributed by atoms with Crippen molar-refractivity contribution in [3.05, 3.63) is 66.7 Å². The van der Waals surface area contributed by atoms with Crippen LogP contribution in [0.1, 0.15) is 5.56 Å². The molecule has 2 rings (SSSR count). The number of benzene rings is 2. The maximum atomic E-state index is 3.68. The normalized spacial score (nSPS) is 9.83. The van der Waals surface area contributed by atoms with Gasteiger partial charge in [-0.2, -0.15) is 0 Å². The van der Waals surface area contributed by atoms with Gasteiger partial charge in [0.05, 0.1) is 0 Å². The summed E-state index contributed by atoms with van der Waals surface area (Å²) in [4.78, 5) is 0. The van der Waals surface area contributed by atoms with Crippen molar-refractivity contribution in [2.45, 2.75) is 6.92 Å². The van der Waals surface area contributed by atoms with E-state index >= 15 is 0 Å². The molecule has 0 heterocycles. The average molecular weight is 238 g/mol. The van der Waals surface area contributed by atoms with Crippen LogP contribution in [0.15, 0.2) is 61.2 Å². The molecule has 2 heteroatoms. The van der Waals surface area contributed by atoms with Crippen molar-refractivity contribution < 1.29 is 0 Å². The monoisotopic (exact) mass is 238 g/mol. The summed E-state index contributed by atoms with van der Waals surface area (Å²) in [5, 5.41) is 6.66. The lowest BCUT2D eigenvalue weighted by atomic mass is 10.2. The highest BCUT2D eigenvalue weighted by atomic mass is 14.9. The Bertz CT molecular complexity index is 515. The summed E-state index contributed by atoms with van der Waals surface area (Å²) >= 11 is 0. The van der Waals surface area contributed by atoms with Gasteiger partial charge in [0.1, 0.15) is 0 Å². The fourth-order valence-corrected chi connectivity index (χ4v) is 1.73. The Morgan fingerprint density at radius 1 is 1.00 bits per heavy atom. The molecule has 0 saturated heterocycles. The third-order valence-corrected chi connectivity index (χ3v) is 2.76. The molecule has 0 unspecified atom stereocenters. The topological polar surface area (TPSA) is 24.1 Å². The second-order valence-electron chi connectivity index (χ2n) is 4.19. The molecule has 0 atom stereocenters. The van der Waals surface area contributed by atoms with Gasteiger partial charge in [-0.25, -0.2) is 0 Å². The van der Waals surface area contributed by atoms with Gasteiger partial charge in [0.2, 0.25) is 0 Å². The summed E-state index contributed by atoms with van der Waals surface area (Å²) in [6.45, 7) is 6.57. The molecule has 0 aromatic heterocycles. The van der Waals surface area contributed by atoms with Gasteiger partial charge < -0.3 is 10.6 Å². The van der Waals surface area contributed by atoms with Crippen LogP contribution in [0.3, 0.4) is 0 Å². The number of hydrogen-bond donors (Lipinski definition) is 2. The SMILES string of the molecule is C=CCNc1ccc(Nc2ccccc2C)cc1. The zero-order valence-electron chi connectivity index (χ0n) is 10.6. The van der Waals surface area contributed by atoms with Crippen LogP contribution >= 0.6 is 0 Å². The molecule has 0 aliphatic heterocycles. The fraction of sp³-hybridized carbons (Fsp3) is 0.125. The largest absolute Gasteiger partial charge is 0.382 e. The predicted octanol–water partition coefficient (Wildman–Crippen LogP) is 4.34. The van der Waals surface area contributed by atoms with Crippen LogP contribution in [-0.4, -0.2) is 6.54 Å². The Balaban J connectivity index is 2.06. The summed E-state index contributed by atoms with van der Waals surface area (Å²) in [5.41, 5.74) is 4.58. The van der Waals surface area contributed by atoms with Gasteiger partial charge in [0.15, 0.2) is 0 Å². The first-order valence-electron chi connectivity index (χ1n) is 6.07. The second kappa shape index (κ2) is 5.92. The molecule has 0 aliphatic rings. The van der Waals surface area contributed by atoms with Crippen molar-refractivity contribution in [2.24, 2.45) is 0 Å². The van der Waals surface area contributed by atoms with E-state index in [1.54, 1.807) is 0 Å². The number of hydrogen-bond acceptors (Lipinski definition) is 2. The van der Waals surface area contributed by atoms with Crippen LogP contribution in [0.5, 0.6) is 0 Å². The van der Waals surface area contributed by atoms with Gasteiger partial charge in [0.25, 0.3) is 0 Å². The average Bonchev–Trinajstić information content (AvgIpc) is 2.41. The van der Waals surface area contributed by atoms with Crippen LogP contribution in [0, 0.1) is 6.92 Å². The van der Waals surface area contributed by atoms with Crippen LogP contribution < -0.4 is 10.6 Å². The van der Waals surface area contributed by atoms with E-state index in [1.807, 2.05) is 18.2 Å². The van der Waals surface area contributed by atoms with E-state index in [9.17, 15) is 0 Å². The van der Waals surface area contributed by atoms with Crippen molar-refractivity contribution >= 4 is 17.1 Å². The number of anilines is 3. The first kappa shape index (κ1) is 12.2. The molecule has 0 saturated carbocycles. The van der Waals surface area contributed by atoms with E-state index in [-0.39, 0.29) is 0 Å². The Morgan fingerprint density at radius 3 is 2.33 bits per heavy atom. The van der Waals surface area contributed by atoms with Crippen molar-refractivity contribution in [2.75, 3.05) is 17.2 Å². The lowest BCUT2D eigenvalue weighted by Gasteiger charge is -2.10. The lowest BCUT2D eigenvalue weighted by molar-refractivity contribution is 1.34. The van der Waals surface area contributed by atoms with Gasteiger partial charge >= 0.3 is 0 Å². The van der Waals surface area contributed by atoms with E-state index < -0.39 is 0 Å². The highest BCUT2D eigenvalue weighted by molar-refractivity contribution is 5.64. The molecule has 2 N–H and O–H groups in total. The van der Waals surface area contributed by atoms with Gasteiger partial charge in [-0.3, -0.25) is 0 Å². The van der Waals surface area contributed by atoms with E-state index in [2.05, 4.69) is 60.5 Å². The smallest absolute Gasteiger partial charge is 0.0413 e. The number of aryl methyl sites for hydroxylation is 1. The zero-order chi connectivity index (χ0) is 12.8. The molecule has 0 aliphatic carbocycles. The molecule has 18 heavy (non-hydrogen) atoms. The Morgan fingerprint density at radius 2 is 1.67 bits per heavy atom. The number of para-hydroxylation sites is 1. The van der Waals surface area contributed by atoms with E-state index in [0.29, 0.717) is 0 Å². The van der Waals surface area contributed by atoms with Gasteiger partial charge in [-0.15, -0.1) is 6.58 Å². The summed E-state index contributed by atoms with van der Waals surface area (Å²) in [5.74, 6) is 0. The highest BCUT2D eigenvalue weighted by Gasteiger charge is 1.97. The van der Waals surface area contributed by atoms with Gasteiger partial charge in [0, 0.05) is 23.6 Å². The first-order chi connectivity index (χ1) is 8.79. The van der Waals surface area contributed by atoms with Crippen molar-refractivity contribution in [1.29, 1.82) is 0 Å². The molecule has 2 aromatic rings. The second-order valence-corrected chi connectivity index (χ2v) is 4.19. The Hall–Kier alpha value is -2.22. The molecular weight excluding hydrogens is 220 g/mol. The van der Waals surface area contributed by atoms with Crippen LogP contribution in [0.2, 0.25) is 0 Å². The zero-order valence-corrected chi connectivity index (χ0v) is 10.6. The number of nitrogens with one attached hydrogen (secondary N) is 2. The summed E-state index contributed by atoms with van der Waals surface area (Å²) in [6, 6.07) is 16.5. The van der Waals surface area contributed by atoms with E-state index in [1.165, 1.54) is 5.56 Å². The molecule has 2 aromatic carbocycles. The maximum absolute atomic E-state index is 3.68. The van der Waals surface area contributed by atoms with Crippen molar-refractivity contribution in [3.63, 3.8) is 0 Å². The predicted molar refractivity (Wildman–Crippen MR) is 79.6 cm³/mol. The molecule has 0 amide bonds. The fourth-order valence-electron chi connectivity index (χ4n) is 1.73. The van der Waals surface area contributed by atoms with Crippen LogP contribution in [0.4, 0.5) is 17.1 Å². The van der Waals surface area contributed by atoms with Crippen LogP contribution in [0.25, 0.3) is 0 Å². The first-order valence-corrected chi connectivity index (χ1v) is 6.07. The molecule has 0 fully saturated rings. The molecule has 0 bridgehead atoms. The molecule has 0 radical (unpaired) electrons. The minimum atomic E-state index is 0.782. The molecule has 2 nitrogen and oxygen atoms in total. The van der Waals surface area contributed by atoms with Gasteiger partial charge in [-0.05, 0) is 42.8 Å². The summed E-state index contributed by atoms with van der Waals surface area (Å²) in [7, 11) is 0. The molecular formula is C16H18N2. The third-order valence-electron chi connectivity index (χ3n) is 2.76. The van der Waals surface area contributed by atoms with E-state index in [4.69, 9.17) is 0 Å². The molecule has 0 spiro atoms. The Labute approximate surface area is 108 Å². The lowest BCUT2D eigenvalue weighted by Crippen LogP contribution is -1.98. The van der Waals surface area contributed by atoms with Crippen LogP contribution in [-0.2, 0) is 0 Å². The molecule has 92 valence electrons. The third kappa shape index (κ3) is 3.14. The summed E-state index contributed by atoms with van der Waals surface area (Å²) in [6.07, 6.45) is 1.85. The number of rotatable bonds is 5. The van der Waals surface area contributed by atoms with Crippen molar-refractivity contribution in [1.82, 2.24) is 0 Å². The van der Waals surface area contributed by atoms with Crippen molar-refractivity contribution in [3.8, 4) is 0 Å². The standard InChI is InChI=1S/C16H18N2/c1-3-12-17-14-8-10-15(11-9-14)18-16-7-5-4-6-13(16)2/h3-11,17-18H,1,12H2,2H3. The van der Waals surface area contributed by atoms with E-state index in [0.717, 1.165) is 23.6 Å². The maximum Gasteiger partial charge on any atom is 0.0413 e. The Kier molecular flexibility index (Phi) is 4.02. The summed E-state index contributed by atoms with van der Waals surface area (Å²) < 4.78 is 0. The van der Waals surface area contributed by atoms with Gasteiger partial charge in [-0.1, -0.05) is 24.3 Å². The quantitative estimate of drug-likeness (QED) is 0.757. The highest BCUT2D eigenvalue weighted by Crippen LogP contribution is 2.21. The minimum Gasteiger partial charge on any atom is -0.382 e.